The van der Waals surface area contributed by atoms with Crippen LogP contribution in [0.5, 0.6) is 0 Å². The van der Waals surface area contributed by atoms with E-state index in [1.165, 1.54) is 53.1 Å². The zero-order valence-corrected chi connectivity index (χ0v) is 9.79. The Balaban J connectivity index is 2.16. The molecule has 0 fully saturated rings. The van der Waals surface area contributed by atoms with Crippen LogP contribution in [0.25, 0.3) is 21.7 Å². The SMILES string of the molecule is c1ccc2c(c1)ccc1c3c([nH]c12)CCCC3. The first-order valence-electron chi connectivity index (χ1n) is 6.45. The third-order valence-corrected chi connectivity index (χ3v) is 4.00. The average molecular weight is 221 g/mol. The average Bonchev–Trinajstić information content (AvgIpc) is 2.78. The first kappa shape index (κ1) is 9.29. The molecule has 0 unspecified atom stereocenters. The van der Waals surface area contributed by atoms with Crippen molar-refractivity contribution in [2.75, 3.05) is 0 Å². The van der Waals surface area contributed by atoms with E-state index >= 15 is 0 Å². The Hall–Kier alpha value is -1.76. The number of aromatic nitrogens is 1. The predicted molar refractivity (Wildman–Crippen MR) is 72.4 cm³/mol. The second-order valence-electron chi connectivity index (χ2n) is 5.00. The summed E-state index contributed by atoms with van der Waals surface area (Å²) >= 11 is 0. The number of aromatic amines is 1. The van der Waals surface area contributed by atoms with Crippen molar-refractivity contribution < 1.29 is 0 Å². The van der Waals surface area contributed by atoms with Gasteiger partial charge in [0.1, 0.15) is 0 Å². The number of fused-ring (bicyclic) bond motifs is 5. The van der Waals surface area contributed by atoms with Crippen molar-refractivity contribution in [3.63, 3.8) is 0 Å². The summed E-state index contributed by atoms with van der Waals surface area (Å²) in [5.41, 5.74) is 4.38. The summed E-state index contributed by atoms with van der Waals surface area (Å²) < 4.78 is 0. The van der Waals surface area contributed by atoms with Gasteiger partial charge in [0.2, 0.25) is 0 Å². The monoisotopic (exact) mass is 221 g/mol. The Kier molecular flexibility index (Phi) is 1.84. The molecular formula is C16H15N. The summed E-state index contributed by atoms with van der Waals surface area (Å²) in [6, 6.07) is 13.2. The quantitative estimate of drug-likeness (QED) is 0.585. The molecule has 3 aromatic rings. The molecule has 1 aromatic heterocycles. The van der Waals surface area contributed by atoms with Crippen molar-refractivity contribution in [3.05, 3.63) is 47.7 Å². The zero-order chi connectivity index (χ0) is 11.2. The normalized spacial score (nSPS) is 15.3. The van der Waals surface area contributed by atoms with Crippen LogP contribution in [0.1, 0.15) is 24.1 Å². The number of aryl methyl sites for hydroxylation is 2. The molecule has 0 bridgehead atoms. The van der Waals surface area contributed by atoms with Crippen LogP contribution in [0.4, 0.5) is 0 Å². The topological polar surface area (TPSA) is 15.8 Å². The highest BCUT2D eigenvalue weighted by molar-refractivity contribution is 6.07. The Morgan fingerprint density at radius 1 is 0.824 bits per heavy atom. The van der Waals surface area contributed by atoms with Gasteiger partial charge >= 0.3 is 0 Å². The molecule has 1 aliphatic carbocycles. The lowest BCUT2D eigenvalue weighted by molar-refractivity contribution is 0.680. The minimum Gasteiger partial charge on any atom is -0.358 e. The number of rotatable bonds is 0. The number of H-pyrrole nitrogens is 1. The third-order valence-electron chi connectivity index (χ3n) is 4.00. The number of nitrogens with one attached hydrogen (secondary N) is 1. The van der Waals surface area contributed by atoms with E-state index in [1.54, 1.807) is 5.56 Å². The lowest BCUT2D eigenvalue weighted by Gasteiger charge is -2.10. The van der Waals surface area contributed by atoms with E-state index in [9.17, 15) is 0 Å². The smallest absolute Gasteiger partial charge is 0.0538 e. The Morgan fingerprint density at radius 3 is 2.71 bits per heavy atom. The molecular weight excluding hydrogens is 206 g/mol. The molecule has 0 saturated heterocycles. The van der Waals surface area contributed by atoms with Crippen LogP contribution in [0.2, 0.25) is 0 Å². The Morgan fingerprint density at radius 2 is 1.71 bits per heavy atom. The molecule has 0 amide bonds. The molecule has 1 heteroatoms. The maximum atomic E-state index is 3.66. The fourth-order valence-electron chi connectivity index (χ4n) is 3.15. The van der Waals surface area contributed by atoms with Crippen molar-refractivity contribution in [1.29, 1.82) is 0 Å². The minimum absolute atomic E-state index is 1.22. The summed E-state index contributed by atoms with van der Waals surface area (Å²) in [4.78, 5) is 3.66. The van der Waals surface area contributed by atoms with E-state index in [4.69, 9.17) is 0 Å². The fourth-order valence-corrected chi connectivity index (χ4v) is 3.15. The van der Waals surface area contributed by atoms with Crippen molar-refractivity contribution in [1.82, 2.24) is 4.98 Å². The molecule has 1 nitrogen and oxygen atoms in total. The molecule has 0 spiro atoms. The number of hydrogen-bond donors (Lipinski definition) is 1. The van der Waals surface area contributed by atoms with Crippen LogP contribution in [0.3, 0.4) is 0 Å². The second-order valence-corrected chi connectivity index (χ2v) is 5.00. The summed E-state index contributed by atoms with van der Waals surface area (Å²) in [5, 5.41) is 4.14. The van der Waals surface area contributed by atoms with Crippen LogP contribution in [0.15, 0.2) is 36.4 Å². The van der Waals surface area contributed by atoms with Crippen LogP contribution >= 0.6 is 0 Å². The van der Waals surface area contributed by atoms with Gasteiger partial charge in [0, 0.05) is 16.5 Å². The van der Waals surface area contributed by atoms with E-state index in [0.717, 1.165) is 0 Å². The number of benzene rings is 2. The van der Waals surface area contributed by atoms with Gasteiger partial charge in [0.05, 0.1) is 5.52 Å². The van der Waals surface area contributed by atoms with Gasteiger partial charge < -0.3 is 4.98 Å². The molecule has 1 N–H and O–H groups in total. The molecule has 0 aliphatic heterocycles. The van der Waals surface area contributed by atoms with E-state index in [-0.39, 0.29) is 0 Å². The van der Waals surface area contributed by atoms with Gasteiger partial charge in [-0.05, 0) is 36.6 Å². The zero-order valence-electron chi connectivity index (χ0n) is 9.79. The van der Waals surface area contributed by atoms with Crippen molar-refractivity contribution >= 4 is 21.7 Å². The van der Waals surface area contributed by atoms with Gasteiger partial charge in [0.15, 0.2) is 0 Å². The molecule has 1 aliphatic rings. The van der Waals surface area contributed by atoms with E-state index in [1.807, 2.05) is 0 Å². The highest BCUT2D eigenvalue weighted by atomic mass is 14.7. The van der Waals surface area contributed by atoms with Crippen molar-refractivity contribution in [2.24, 2.45) is 0 Å². The molecule has 0 radical (unpaired) electrons. The van der Waals surface area contributed by atoms with Crippen LogP contribution in [-0.2, 0) is 12.8 Å². The van der Waals surface area contributed by atoms with Crippen LogP contribution < -0.4 is 0 Å². The minimum atomic E-state index is 1.22. The largest absolute Gasteiger partial charge is 0.358 e. The Labute approximate surface area is 100 Å². The summed E-state index contributed by atoms with van der Waals surface area (Å²) in [6.07, 6.45) is 5.14. The summed E-state index contributed by atoms with van der Waals surface area (Å²) in [6.45, 7) is 0. The standard InChI is InChI=1S/C16H15N/c1-2-6-12-11(5-1)9-10-14-13-7-3-4-8-15(13)17-16(12)14/h1-2,5-6,9-10,17H,3-4,7-8H2. The first-order chi connectivity index (χ1) is 8.43. The summed E-state index contributed by atoms with van der Waals surface area (Å²) in [5.74, 6) is 0. The fraction of sp³-hybridized carbons (Fsp3) is 0.250. The third kappa shape index (κ3) is 1.25. The molecule has 0 saturated carbocycles. The molecule has 4 rings (SSSR count). The van der Waals surface area contributed by atoms with Crippen LogP contribution in [-0.4, -0.2) is 4.98 Å². The summed E-state index contributed by atoms with van der Waals surface area (Å²) in [7, 11) is 0. The molecule has 17 heavy (non-hydrogen) atoms. The van der Waals surface area contributed by atoms with E-state index in [2.05, 4.69) is 41.4 Å². The van der Waals surface area contributed by atoms with Crippen molar-refractivity contribution in [3.8, 4) is 0 Å². The van der Waals surface area contributed by atoms with Gasteiger partial charge in [-0.1, -0.05) is 36.4 Å². The predicted octanol–water partition coefficient (Wildman–Crippen LogP) is 4.20. The molecule has 1 heterocycles. The number of hydrogen-bond acceptors (Lipinski definition) is 0. The lowest BCUT2D eigenvalue weighted by Crippen LogP contribution is -1.99. The Bertz CT molecular complexity index is 706. The molecule has 2 aromatic carbocycles. The molecule has 84 valence electrons. The highest BCUT2D eigenvalue weighted by Gasteiger charge is 2.15. The maximum absolute atomic E-state index is 3.66. The van der Waals surface area contributed by atoms with Gasteiger partial charge in [-0.15, -0.1) is 0 Å². The second kappa shape index (κ2) is 3.36. The lowest BCUT2D eigenvalue weighted by atomic mass is 9.95. The van der Waals surface area contributed by atoms with Gasteiger partial charge in [-0.25, -0.2) is 0 Å². The highest BCUT2D eigenvalue weighted by Crippen LogP contribution is 2.33. The maximum Gasteiger partial charge on any atom is 0.0538 e. The van der Waals surface area contributed by atoms with Gasteiger partial charge in [0.25, 0.3) is 0 Å². The van der Waals surface area contributed by atoms with Crippen LogP contribution in [0, 0.1) is 0 Å². The van der Waals surface area contributed by atoms with Gasteiger partial charge in [-0.3, -0.25) is 0 Å². The molecule has 0 atom stereocenters. The first-order valence-corrected chi connectivity index (χ1v) is 6.45. The van der Waals surface area contributed by atoms with E-state index < -0.39 is 0 Å². The van der Waals surface area contributed by atoms with Gasteiger partial charge in [-0.2, -0.15) is 0 Å². The van der Waals surface area contributed by atoms with E-state index in [0.29, 0.717) is 0 Å². The van der Waals surface area contributed by atoms with Crippen molar-refractivity contribution in [2.45, 2.75) is 25.7 Å².